The molecule has 1 aromatic heterocycles. The molecule has 1 saturated heterocycles. The van der Waals surface area contributed by atoms with Crippen molar-refractivity contribution in [2.24, 2.45) is 5.92 Å². The van der Waals surface area contributed by atoms with Gasteiger partial charge in [-0.25, -0.2) is 9.59 Å². The molecule has 1 aliphatic heterocycles. The second-order valence-electron chi connectivity index (χ2n) is 5.57. The normalized spacial score (nSPS) is 29.2. The summed E-state index contributed by atoms with van der Waals surface area (Å²) in [6.45, 7) is 0. The van der Waals surface area contributed by atoms with Crippen molar-refractivity contribution in [3.63, 3.8) is 0 Å². The van der Waals surface area contributed by atoms with E-state index in [1.807, 2.05) is 0 Å². The van der Waals surface area contributed by atoms with Crippen molar-refractivity contribution in [2.45, 2.75) is 44.2 Å². The van der Waals surface area contributed by atoms with Gasteiger partial charge in [-0.2, -0.15) is 0 Å². The zero-order valence-electron chi connectivity index (χ0n) is 11.0. The van der Waals surface area contributed by atoms with Crippen LogP contribution in [-0.4, -0.2) is 43.9 Å². The third-order valence-electron chi connectivity index (χ3n) is 4.43. The molecule has 0 radical (unpaired) electrons. The van der Waals surface area contributed by atoms with Crippen LogP contribution in [0.15, 0.2) is 11.0 Å². The number of amides is 1. The molecule has 0 aromatic carbocycles. The number of hydrogen-bond acceptors (Lipinski definition) is 3. The Kier molecular flexibility index (Phi) is 3.11. The number of H-pyrrole nitrogens is 2. The molecule has 3 N–H and O–H groups in total. The van der Waals surface area contributed by atoms with Crippen molar-refractivity contribution >= 4 is 11.9 Å². The van der Waals surface area contributed by atoms with Crippen LogP contribution in [0.3, 0.4) is 0 Å². The van der Waals surface area contributed by atoms with E-state index in [0.29, 0.717) is 6.42 Å². The average molecular weight is 279 g/mol. The van der Waals surface area contributed by atoms with E-state index in [9.17, 15) is 19.5 Å². The average Bonchev–Trinajstić information content (AvgIpc) is 3.01. The number of nitrogens with one attached hydrogen (secondary N) is 2. The van der Waals surface area contributed by atoms with Gasteiger partial charge in [-0.05, 0) is 25.2 Å². The Balaban J connectivity index is 1.92. The minimum absolute atomic E-state index is 0.0178. The maximum atomic E-state index is 12.5. The molecule has 3 unspecified atom stereocenters. The summed E-state index contributed by atoms with van der Waals surface area (Å²) in [6, 6.07) is -0.801. The Bertz CT molecular complexity index is 590. The number of aromatic amines is 2. The Labute approximate surface area is 115 Å². The van der Waals surface area contributed by atoms with E-state index in [-0.39, 0.29) is 17.7 Å². The van der Waals surface area contributed by atoms with Gasteiger partial charge in [-0.3, -0.25) is 4.79 Å². The molecule has 3 rings (SSSR count). The van der Waals surface area contributed by atoms with Crippen molar-refractivity contribution in [3.05, 3.63) is 22.4 Å². The molecule has 1 aliphatic carbocycles. The molecule has 3 atom stereocenters. The Morgan fingerprint density at radius 2 is 2.05 bits per heavy atom. The van der Waals surface area contributed by atoms with E-state index in [4.69, 9.17) is 0 Å². The molecule has 7 heteroatoms. The summed E-state index contributed by atoms with van der Waals surface area (Å²) in [5.41, 5.74) is -0.327. The number of hydrogen-bond donors (Lipinski definition) is 3. The SMILES string of the molecule is O=C(O)C1CC2CCCCC2N1C(=O)c1c[nH]c(=O)[nH]1. The number of aliphatic carboxylic acids is 1. The van der Waals surface area contributed by atoms with Gasteiger partial charge in [0.1, 0.15) is 11.7 Å². The van der Waals surface area contributed by atoms with E-state index >= 15 is 0 Å². The van der Waals surface area contributed by atoms with Gasteiger partial charge in [0.05, 0.1) is 0 Å². The highest BCUT2D eigenvalue weighted by Crippen LogP contribution is 2.40. The van der Waals surface area contributed by atoms with Crippen LogP contribution in [0.4, 0.5) is 0 Å². The number of imidazole rings is 1. The van der Waals surface area contributed by atoms with Gasteiger partial charge < -0.3 is 20.0 Å². The Morgan fingerprint density at radius 3 is 2.70 bits per heavy atom. The predicted molar refractivity (Wildman–Crippen MR) is 69.4 cm³/mol. The molecular weight excluding hydrogens is 262 g/mol. The fourth-order valence-electron chi connectivity index (χ4n) is 3.56. The third-order valence-corrected chi connectivity index (χ3v) is 4.43. The smallest absolute Gasteiger partial charge is 0.326 e. The van der Waals surface area contributed by atoms with E-state index in [0.717, 1.165) is 25.7 Å². The van der Waals surface area contributed by atoms with E-state index in [2.05, 4.69) is 9.97 Å². The van der Waals surface area contributed by atoms with Crippen LogP contribution in [0, 0.1) is 5.92 Å². The fraction of sp³-hybridized carbons (Fsp3) is 0.615. The lowest BCUT2D eigenvalue weighted by Crippen LogP contribution is -2.46. The lowest BCUT2D eigenvalue weighted by molar-refractivity contribution is -0.141. The van der Waals surface area contributed by atoms with E-state index in [1.54, 1.807) is 0 Å². The van der Waals surface area contributed by atoms with Crippen LogP contribution >= 0.6 is 0 Å². The lowest BCUT2D eigenvalue weighted by Gasteiger charge is -2.32. The number of carboxylic acid groups (broad SMARTS) is 1. The number of likely N-dealkylation sites (tertiary alicyclic amines) is 1. The molecule has 1 aromatic rings. The van der Waals surface area contributed by atoms with Gasteiger partial charge in [-0.1, -0.05) is 12.8 Å². The summed E-state index contributed by atoms with van der Waals surface area (Å²) in [4.78, 5) is 41.3. The van der Waals surface area contributed by atoms with Crippen molar-refractivity contribution in [2.75, 3.05) is 0 Å². The van der Waals surface area contributed by atoms with Crippen LogP contribution in [0.1, 0.15) is 42.6 Å². The van der Waals surface area contributed by atoms with E-state index < -0.39 is 23.6 Å². The van der Waals surface area contributed by atoms with Gasteiger partial charge in [0.2, 0.25) is 0 Å². The van der Waals surface area contributed by atoms with Crippen LogP contribution in [0.2, 0.25) is 0 Å². The molecule has 1 amide bonds. The Morgan fingerprint density at radius 1 is 1.30 bits per heavy atom. The van der Waals surface area contributed by atoms with Crippen LogP contribution in [-0.2, 0) is 4.79 Å². The van der Waals surface area contributed by atoms with Gasteiger partial charge in [0.15, 0.2) is 0 Å². The standard InChI is InChI=1S/C13H17N3O4/c17-11(8-6-14-13(20)15-8)16-9-4-2-1-3-7(9)5-10(16)12(18)19/h6-7,9-10H,1-5H2,(H,18,19)(H2,14,15,20). The highest BCUT2D eigenvalue weighted by atomic mass is 16.4. The summed E-state index contributed by atoms with van der Waals surface area (Å²) >= 11 is 0. The minimum Gasteiger partial charge on any atom is -0.480 e. The monoisotopic (exact) mass is 279 g/mol. The maximum absolute atomic E-state index is 12.5. The third kappa shape index (κ3) is 2.03. The fourth-order valence-corrected chi connectivity index (χ4v) is 3.56. The van der Waals surface area contributed by atoms with Gasteiger partial charge in [0, 0.05) is 12.2 Å². The Hall–Kier alpha value is -2.05. The van der Waals surface area contributed by atoms with E-state index in [1.165, 1.54) is 11.1 Å². The molecule has 20 heavy (non-hydrogen) atoms. The quantitative estimate of drug-likeness (QED) is 0.735. The molecule has 2 aliphatic rings. The summed E-state index contributed by atoms with van der Waals surface area (Å²) in [6.07, 6.45) is 5.74. The molecule has 2 fully saturated rings. The van der Waals surface area contributed by atoms with Gasteiger partial charge in [-0.15, -0.1) is 0 Å². The second kappa shape index (κ2) is 4.81. The van der Waals surface area contributed by atoms with Crippen molar-refractivity contribution in [1.29, 1.82) is 0 Å². The summed E-state index contributed by atoms with van der Waals surface area (Å²) in [7, 11) is 0. The highest BCUT2D eigenvalue weighted by Gasteiger charge is 2.47. The number of carbonyl (C=O) groups is 2. The number of carbonyl (C=O) groups excluding carboxylic acids is 1. The summed E-state index contributed by atoms with van der Waals surface area (Å²) < 4.78 is 0. The zero-order valence-corrected chi connectivity index (χ0v) is 11.0. The second-order valence-corrected chi connectivity index (χ2v) is 5.57. The minimum atomic E-state index is -0.967. The van der Waals surface area contributed by atoms with Crippen LogP contribution in [0.25, 0.3) is 0 Å². The first-order valence-corrected chi connectivity index (χ1v) is 6.91. The van der Waals surface area contributed by atoms with Crippen molar-refractivity contribution in [1.82, 2.24) is 14.9 Å². The molecule has 1 saturated carbocycles. The predicted octanol–water partition coefficient (Wildman–Crippen LogP) is 0.561. The molecular formula is C13H17N3O4. The first-order valence-electron chi connectivity index (χ1n) is 6.91. The van der Waals surface area contributed by atoms with Crippen molar-refractivity contribution < 1.29 is 14.7 Å². The van der Waals surface area contributed by atoms with Gasteiger partial charge in [0.25, 0.3) is 5.91 Å². The largest absolute Gasteiger partial charge is 0.480 e. The molecule has 7 nitrogen and oxygen atoms in total. The van der Waals surface area contributed by atoms with Crippen LogP contribution in [0.5, 0.6) is 0 Å². The molecule has 0 spiro atoms. The summed E-state index contributed by atoms with van der Waals surface area (Å²) in [5.74, 6) is -1.10. The van der Waals surface area contributed by atoms with Crippen molar-refractivity contribution in [3.8, 4) is 0 Å². The zero-order chi connectivity index (χ0) is 14.3. The summed E-state index contributed by atoms with van der Waals surface area (Å²) in [5, 5.41) is 9.36. The number of fused-ring (bicyclic) bond motifs is 1. The molecule has 108 valence electrons. The molecule has 2 heterocycles. The first-order chi connectivity index (χ1) is 9.58. The number of nitrogens with zero attached hydrogens (tertiary/aromatic N) is 1. The lowest BCUT2D eigenvalue weighted by atomic mass is 9.84. The highest BCUT2D eigenvalue weighted by molar-refractivity contribution is 5.95. The maximum Gasteiger partial charge on any atom is 0.326 e. The number of carboxylic acids is 1. The first kappa shape index (κ1) is 13.0. The number of rotatable bonds is 2. The van der Waals surface area contributed by atoms with Crippen LogP contribution < -0.4 is 5.69 Å². The van der Waals surface area contributed by atoms with Gasteiger partial charge >= 0.3 is 11.7 Å². The molecule has 0 bridgehead atoms. The topological polar surface area (TPSA) is 106 Å². The number of aromatic nitrogens is 2.